The van der Waals surface area contributed by atoms with Gasteiger partial charge in [-0.1, -0.05) is 17.7 Å². The van der Waals surface area contributed by atoms with Crippen molar-refractivity contribution in [2.75, 3.05) is 6.54 Å². The zero-order chi connectivity index (χ0) is 14.2. The van der Waals surface area contributed by atoms with Crippen molar-refractivity contribution < 1.29 is 9.18 Å². The first kappa shape index (κ1) is 13.6. The summed E-state index contributed by atoms with van der Waals surface area (Å²) in [5, 5.41) is 5.10. The van der Waals surface area contributed by atoms with Gasteiger partial charge in [-0.25, -0.2) is 4.39 Å². The lowest BCUT2D eigenvalue weighted by Gasteiger charge is -2.14. The molecule has 104 valence electrons. The van der Waals surface area contributed by atoms with E-state index < -0.39 is 5.82 Å². The van der Waals surface area contributed by atoms with Crippen LogP contribution in [0.2, 0.25) is 5.02 Å². The second kappa shape index (κ2) is 5.19. The molecule has 1 aliphatic carbocycles. The van der Waals surface area contributed by atoms with Crippen LogP contribution in [0.5, 0.6) is 0 Å². The molecule has 0 radical (unpaired) electrons. The van der Waals surface area contributed by atoms with Gasteiger partial charge in [-0.15, -0.1) is 11.3 Å². The van der Waals surface area contributed by atoms with Crippen LogP contribution in [0.15, 0.2) is 35.7 Å². The van der Waals surface area contributed by atoms with Crippen LogP contribution < -0.4 is 5.32 Å². The summed E-state index contributed by atoms with van der Waals surface area (Å²) in [7, 11) is 0. The highest BCUT2D eigenvalue weighted by Gasteiger charge is 2.45. The van der Waals surface area contributed by atoms with Crippen molar-refractivity contribution in [1.29, 1.82) is 0 Å². The molecule has 1 aromatic carbocycles. The number of hydrogen-bond donors (Lipinski definition) is 1. The fraction of sp³-hybridized carbons (Fsp3) is 0.267. The molecular weight excluding hydrogens is 297 g/mol. The Hall–Kier alpha value is -1.39. The van der Waals surface area contributed by atoms with E-state index in [9.17, 15) is 9.18 Å². The van der Waals surface area contributed by atoms with Crippen molar-refractivity contribution in [3.8, 4) is 0 Å². The minimum absolute atomic E-state index is 0.0936. The minimum atomic E-state index is -0.441. The molecule has 0 unspecified atom stereocenters. The Morgan fingerprint density at radius 2 is 2.20 bits per heavy atom. The summed E-state index contributed by atoms with van der Waals surface area (Å²) in [5.74, 6) is -0.693. The molecule has 1 amide bonds. The monoisotopic (exact) mass is 309 g/mol. The van der Waals surface area contributed by atoms with Crippen LogP contribution in [0.4, 0.5) is 4.39 Å². The van der Waals surface area contributed by atoms with Crippen LogP contribution in [0.3, 0.4) is 0 Å². The first-order valence-corrected chi connectivity index (χ1v) is 7.64. The highest BCUT2D eigenvalue weighted by Crippen LogP contribution is 2.49. The fourth-order valence-corrected chi connectivity index (χ4v) is 3.50. The van der Waals surface area contributed by atoms with Crippen LogP contribution in [-0.4, -0.2) is 12.5 Å². The van der Waals surface area contributed by atoms with Gasteiger partial charge in [0.25, 0.3) is 5.91 Å². The van der Waals surface area contributed by atoms with E-state index in [1.807, 2.05) is 11.4 Å². The Morgan fingerprint density at radius 3 is 2.80 bits per heavy atom. The maximum atomic E-state index is 13.0. The van der Waals surface area contributed by atoms with E-state index in [-0.39, 0.29) is 16.3 Å². The topological polar surface area (TPSA) is 29.1 Å². The predicted molar refractivity (Wildman–Crippen MR) is 79.0 cm³/mol. The molecule has 1 saturated carbocycles. The average molecular weight is 310 g/mol. The molecule has 0 spiro atoms. The molecule has 5 heteroatoms. The van der Waals surface area contributed by atoms with E-state index in [1.54, 1.807) is 11.3 Å². The zero-order valence-electron chi connectivity index (χ0n) is 10.7. The lowest BCUT2D eigenvalue weighted by molar-refractivity contribution is 0.0950. The van der Waals surface area contributed by atoms with Gasteiger partial charge in [0, 0.05) is 16.8 Å². The third kappa shape index (κ3) is 2.58. The summed E-state index contributed by atoms with van der Waals surface area (Å²) >= 11 is 7.61. The summed E-state index contributed by atoms with van der Waals surface area (Å²) in [6, 6.07) is 7.95. The Bertz CT molecular complexity index is 637. The number of halogens is 2. The molecule has 1 aromatic heterocycles. The molecule has 2 aromatic rings. The SMILES string of the molecule is O=C(NCC1(c2cccs2)CC1)c1ccc(F)cc1Cl. The molecule has 0 saturated heterocycles. The molecule has 0 aliphatic heterocycles. The molecule has 1 aliphatic rings. The average Bonchev–Trinajstić information content (AvgIpc) is 2.99. The van der Waals surface area contributed by atoms with Gasteiger partial charge in [-0.3, -0.25) is 4.79 Å². The number of amides is 1. The van der Waals surface area contributed by atoms with Gasteiger partial charge in [0.15, 0.2) is 0 Å². The van der Waals surface area contributed by atoms with E-state index in [0.29, 0.717) is 12.1 Å². The molecule has 1 N–H and O–H groups in total. The Kier molecular flexibility index (Phi) is 3.52. The molecule has 1 heterocycles. The molecule has 2 nitrogen and oxygen atoms in total. The number of hydrogen-bond acceptors (Lipinski definition) is 2. The lowest BCUT2D eigenvalue weighted by Crippen LogP contribution is -2.32. The standard InChI is InChI=1S/C15H13ClFNOS/c16-12-8-10(17)3-4-11(12)14(19)18-9-15(5-6-15)13-2-1-7-20-13/h1-4,7-8H,5-6,9H2,(H,18,19). The lowest BCUT2D eigenvalue weighted by atomic mass is 10.1. The van der Waals surface area contributed by atoms with Crippen molar-refractivity contribution >= 4 is 28.8 Å². The molecule has 0 bridgehead atoms. The van der Waals surface area contributed by atoms with Crippen molar-refractivity contribution in [3.05, 3.63) is 57.0 Å². The van der Waals surface area contributed by atoms with Gasteiger partial charge in [0.1, 0.15) is 5.82 Å². The second-order valence-electron chi connectivity index (χ2n) is 5.06. The summed E-state index contributed by atoms with van der Waals surface area (Å²) in [6.45, 7) is 0.597. The van der Waals surface area contributed by atoms with Crippen LogP contribution in [-0.2, 0) is 5.41 Å². The second-order valence-corrected chi connectivity index (χ2v) is 6.42. The van der Waals surface area contributed by atoms with E-state index in [1.165, 1.54) is 17.0 Å². The Morgan fingerprint density at radius 1 is 1.40 bits per heavy atom. The first-order chi connectivity index (χ1) is 9.61. The number of rotatable bonds is 4. The number of carbonyl (C=O) groups excluding carboxylic acids is 1. The largest absolute Gasteiger partial charge is 0.351 e. The zero-order valence-corrected chi connectivity index (χ0v) is 12.2. The minimum Gasteiger partial charge on any atom is -0.351 e. The maximum absolute atomic E-state index is 13.0. The molecule has 0 atom stereocenters. The third-order valence-corrected chi connectivity index (χ3v) is 5.09. The Balaban J connectivity index is 1.68. The number of benzene rings is 1. The van der Waals surface area contributed by atoms with Crippen molar-refractivity contribution in [3.63, 3.8) is 0 Å². The highest BCUT2D eigenvalue weighted by molar-refractivity contribution is 7.10. The number of nitrogens with one attached hydrogen (secondary N) is 1. The van der Waals surface area contributed by atoms with Crippen molar-refractivity contribution in [1.82, 2.24) is 5.32 Å². The highest BCUT2D eigenvalue weighted by atomic mass is 35.5. The van der Waals surface area contributed by atoms with Crippen LogP contribution in [0, 0.1) is 5.82 Å². The van der Waals surface area contributed by atoms with Crippen molar-refractivity contribution in [2.24, 2.45) is 0 Å². The van der Waals surface area contributed by atoms with E-state index >= 15 is 0 Å². The van der Waals surface area contributed by atoms with E-state index in [4.69, 9.17) is 11.6 Å². The quantitative estimate of drug-likeness (QED) is 0.908. The summed E-state index contributed by atoms with van der Waals surface area (Å²) in [5.41, 5.74) is 0.408. The van der Waals surface area contributed by atoms with Gasteiger partial charge >= 0.3 is 0 Å². The van der Waals surface area contributed by atoms with E-state index in [0.717, 1.165) is 18.9 Å². The first-order valence-electron chi connectivity index (χ1n) is 6.38. The van der Waals surface area contributed by atoms with Crippen LogP contribution in [0.1, 0.15) is 28.1 Å². The molecular formula is C15H13ClFNOS. The van der Waals surface area contributed by atoms with Crippen molar-refractivity contribution in [2.45, 2.75) is 18.3 Å². The number of carbonyl (C=O) groups is 1. The Labute approximate surface area is 125 Å². The smallest absolute Gasteiger partial charge is 0.252 e. The van der Waals surface area contributed by atoms with Gasteiger partial charge in [0.2, 0.25) is 0 Å². The van der Waals surface area contributed by atoms with Crippen LogP contribution >= 0.6 is 22.9 Å². The molecule has 1 fully saturated rings. The molecule has 20 heavy (non-hydrogen) atoms. The van der Waals surface area contributed by atoms with Gasteiger partial charge in [-0.05, 0) is 42.5 Å². The number of thiophene rings is 1. The maximum Gasteiger partial charge on any atom is 0.252 e. The predicted octanol–water partition coefficient (Wildman–Crippen LogP) is 4.00. The van der Waals surface area contributed by atoms with Gasteiger partial charge in [0.05, 0.1) is 10.6 Å². The van der Waals surface area contributed by atoms with Gasteiger partial charge < -0.3 is 5.32 Å². The third-order valence-electron chi connectivity index (χ3n) is 3.66. The van der Waals surface area contributed by atoms with E-state index in [2.05, 4.69) is 11.4 Å². The summed E-state index contributed by atoms with van der Waals surface area (Å²) in [4.78, 5) is 13.4. The van der Waals surface area contributed by atoms with Crippen LogP contribution in [0.25, 0.3) is 0 Å². The fourth-order valence-electron chi connectivity index (χ4n) is 2.26. The molecule has 3 rings (SSSR count). The van der Waals surface area contributed by atoms with Gasteiger partial charge in [-0.2, -0.15) is 0 Å². The normalized spacial score (nSPS) is 15.9. The summed E-state index contributed by atoms with van der Waals surface area (Å²) < 4.78 is 13.0. The summed E-state index contributed by atoms with van der Waals surface area (Å²) in [6.07, 6.45) is 2.18.